The summed E-state index contributed by atoms with van der Waals surface area (Å²) in [4.78, 5) is 12.5. The summed E-state index contributed by atoms with van der Waals surface area (Å²) in [6.07, 6.45) is 1.52. The largest absolute Gasteiger partial charge is 0.294 e. The summed E-state index contributed by atoms with van der Waals surface area (Å²) in [6.45, 7) is 0. The molecule has 2 aromatic rings. The van der Waals surface area contributed by atoms with Gasteiger partial charge in [-0.05, 0) is 42.0 Å². The zero-order chi connectivity index (χ0) is 18.4. The first-order chi connectivity index (χ1) is 11.6. The highest BCUT2D eigenvalue weighted by Gasteiger charge is 2.27. The number of thioether (sulfide) groups is 1. The lowest BCUT2D eigenvalue weighted by molar-refractivity contribution is 0.104. The molecule has 0 aliphatic carbocycles. The molecule has 0 saturated heterocycles. The monoisotopic (exact) mass is 398 g/mol. The second kappa shape index (κ2) is 6.07. The van der Waals surface area contributed by atoms with E-state index in [-0.39, 0.29) is 15.6 Å². The van der Waals surface area contributed by atoms with Gasteiger partial charge in [0, 0.05) is 10.5 Å². The Labute approximate surface area is 147 Å². The van der Waals surface area contributed by atoms with Crippen molar-refractivity contribution in [3.05, 3.63) is 58.5 Å². The van der Waals surface area contributed by atoms with Crippen LogP contribution in [0.1, 0.15) is 15.9 Å². The topological polar surface area (TPSA) is 126 Å². The highest BCUT2D eigenvalue weighted by molar-refractivity contribution is 8.05. The average Bonchev–Trinajstić information content (AvgIpc) is 2.82. The molecule has 2 aromatic carbocycles. The van der Waals surface area contributed by atoms with Gasteiger partial charge >= 0.3 is 0 Å². The molecule has 130 valence electrons. The third kappa shape index (κ3) is 3.67. The van der Waals surface area contributed by atoms with E-state index >= 15 is 0 Å². The number of hydrogen-bond donors (Lipinski definition) is 2. The van der Waals surface area contributed by atoms with E-state index in [1.807, 2.05) is 0 Å². The molecule has 3 rings (SSSR count). The molecule has 0 aromatic heterocycles. The van der Waals surface area contributed by atoms with Crippen LogP contribution >= 0.6 is 11.8 Å². The smallest absolute Gasteiger partial charge is 0.288 e. The second-order valence-electron chi connectivity index (χ2n) is 5.12. The molecule has 0 atom stereocenters. The van der Waals surface area contributed by atoms with Gasteiger partial charge in [-0.1, -0.05) is 23.9 Å². The maximum Gasteiger partial charge on any atom is 0.294 e. The van der Waals surface area contributed by atoms with Gasteiger partial charge in [0.05, 0.1) is 14.7 Å². The quantitative estimate of drug-likeness (QED) is 0.597. The molecule has 25 heavy (non-hydrogen) atoms. The van der Waals surface area contributed by atoms with Gasteiger partial charge in [-0.25, -0.2) is 0 Å². The number of fused-ring (bicyclic) bond motifs is 1. The van der Waals surface area contributed by atoms with Crippen LogP contribution in [0.5, 0.6) is 0 Å². The Bertz CT molecular complexity index is 1110. The van der Waals surface area contributed by atoms with Gasteiger partial charge in [0.2, 0.25) is 5.78 Å². The predicted octanol–water partition coefficient (Wildman–Crippen LogP) is 2.51. The van der Waals surface area contributed by atoms with Crippen molar-refractivity contribution in [1.29, 1.82) is 0 Å². The van der Waals surface area contributed by atoms with Crippen LogP contribution in [0.4, 0.5) is 0 Å². The Morgan fingerprint density at radius 1 is 0.840 bits per heavy atom. The lowest BCUT2D eigenvalue weighted by Gasteiger charge is -1.99. The van der Waals surface area contributed by atoms with Crippen molar-refractivity contribution in [1.82, 2.24) is 0 Å². The molecule has 1 aliphatic rings. The van der Waals surface area contributed by atoms with Gasteiger partial charge in [-0.3, -0.25) is 13.9 Å². The molecule has 0 unspecified atom stereocenters. The summed E-state index contributed by atoms with van der Waals surface area (Å²) < 4.78 is 62.4. The predicted molar refractivity (Wildman–Crippen MR) is 90.7 cm³/mol. The van der Waals surface area contributed by atoms with E-state index in [2.05, 4.69) is 0 Å². The minimum atomic E-state index is -4.36. The lowest BCUT2D eigenvalue weighted by atomic mass is 10.1. The van der Waals surface area contributed by atoms with E-state index < -0.39 is 20.2 Å². The summed E-state index contributed by atoms with van der Waals surface area (Å²) in [5.41, 5.74) is 0.851. The van der Waals surface area contributed by atoms with Gasteiger partial charge in [0.25, 0.3) is 20.2 Å². The molecule has 0 fully saturated rings. The SMILES string of the molecule is O=C1C(=Cc2ccc(S(=O)(=O)O)cc2)Sc2cc(S(=O)(=O)O)ccc21. The first kappa shape index (κ1) is 17.8. The normalized spacial score (nSPS) is 16.2. The van der Waals surface area contributed by atoms with Crippen LogP contribution < -0.4 is 0 Å². The molecule has 0 spiro atoms. The number of Topliss-reactive ketones (excluding diaryl/α,β-unsaturated/α-hetero) is 1. The Balaban J connectivity index is 1.94. The molecule has 0 amide bonds. The summed E-state index contributed by atoms with van der Waals surface area (Å²) in [5.74, 6) is -0.305. The third-order valence-corrected chi connectivity index (χ3v) is 6.21. The first-order valence-corrected chi connectivity index (χ1v) is 10.4. The minimum absolute atomic E-state index is 0.263. The fourth-order valence-electron chi connectivity index (χ4n) is 2.22. The van der Waals surface area contributed by atoms with Crippen LogP contribution in [0.15, 0.2) is 62.1 Å². The standard InChI is InChI=1S/C15H10O7S3/c16-15-12-6-5-11(25(20,21)22)8-13(12)23-14(15)7-9-1-3-10(4-2-9)24(17,18)19/h1-8H,(H,17,18,19)(H,20,21,22). The summed E-state index contributed by atoms with van der Waals surface area (Å²) in [6, 6.07) is 8.96. The van der Waals surface area contributed by atoms with Crippen molar-refractivity contribution in [3.8, 4) is 0 Å². The number of allylic oxidation sites excluding steroid dienone is 1. The maximum absolute atomic E-state index is 12.4. The van der Waals surface area contributed by atoms with E-state index in [1.54, 1.807) is 0 Å². The van der Waals surface area contributed by atoms with E-state index in [0.29, 0.717) is 20.9 Å². The zero-order valence-corrected chi connectivity index (χ0v) is 14.7. The fraction of sp³-hybridized carbons (Fsp3) is 0. The van der Waals surface area contributed by atoms with Crippen molar-refractivity contribution < 1.29 is 30.7 Å². The van der Waals surface area contributed by atoms with Crippen LogP contribution in [-0.4, -0.2) is 31.7 Å². The summed E-state index contributed by atoms with van der Waals surface area (Å²) in [5, 5.41) is 0. The van der Waals surface area contributed by atoms with Crippen molar-refractivity contribution in [3.63, 3.8) is 0 Å². The van der Waals surface area contributed by atoms with Crippen LogP contribution in [0.25, 0.3) is 6.08 Å². The number of hydrogen-bond acceptors (Lipinski definition) is 6. The van der Waals surface area contributed by atoms with Gasteiger partial charge in [0.15, 0.2) is 0 Å². The molecule has 2 N–H and O–H groups in total. The molecule has 10 heteroatoms. The molecular weight excluding hydrogens is 388 g/mol. The van der Waals surface area contributed by atoms with Crippen LogP contribution in [0.3, 0.4) is 0 Å². The molecule has 1 heterocycles. The molecule has 0 radical (unpaired) electrons. The van der Waals surface area contributed by atoms with E-state index in [1.165, 1.54) is 42.5 Å². The Morgan fingerprint density at radius 2 is 1.40 bits per heavy atom. The summed E-state index contributed by atoms with van der Waals surface area (Å²) in [7, 11) is -8.66. The average molecular weight is 398 g/mol. The van der Waals surface area contributed by atoms with E-state index in [0.717, 1.165) is 17.8 Å². The van der Waals surface area contributed by atoms with Crippen molar-refractivity contribution in [2.45, 2.75) is 14.7 Å². The van der Waals surface area contributed by atoms with E-state index in [9.17, 15) is 21.6 Å². The van der Waals surface area contributed by atoms with Crippen LogP contribution in [-0.2, 0) is 20.2 Å². The Kier molecular flexibility index (Phi) is 4.33. The number of carbonyl (C=O) groups is 1. The fourth-order valence-corrected chi connectivity index (χ4v) is 4.37. The molecular formula is C15H10O7S3. The number of benzene rings is 2. The van der Waals surface area contributed by atoms with Gasteiger partial charge in [-0.2, -0.15) is 16.8 Å². The van der Waals surface area contributed by atoms with E-state index in [4.69, 9.17) is 9.11 Å². The van der Waals surface area contributed by atoms with Gasteiger partial charge in [0.1, 0.15) is 0 Å². The number of carbonyl (C=O) groups excluding carboxylic acids is 1. The number of ketones is 1. The maximum atomic E-state index is 12.4. The molecule has 7 nitrogen and oxygen atoms in total. The van der Waals surface area contributed by atoms with Crippen LogP contribution in [0, 0.1) is 0 Å². The van der Waals surface area contributed by atoms with Crippen molar-refractivity contribution >= 4 is 43.9 Å². The summed E-state index contributed by atoms with van der Waals surface area (Å²) >= 11 is 1.05. The Hall–Kier alpha value is -1.98. The first-order valence-electron chi connectivity index (χ1n) is 6.69. The molecule has 0 saturated carbocycles. The Morgan fingerprint density at radius 3 is 1.96 bits per heavy atom. The van der Waals surface area contributed by atoms with Crippen LogP contribution in [0.2, 0.25) is 0 Å². The molecule has 0 bridgehead atoms. The third-order valence-electron chi connectivity index (χ3n) is 3.41. The van der Waals surface area contributed by atoms with Gasteiger partial charge < -0.3 is 0 Å². The number of rotatable bonds is 3. The highest BCUT2D eigenvalue weighted by Crippen LogP contribution is 2.41. The lowest BCUT2D eigenvalue weighted by Crippen LogP contribution is -2.00. The van der Waals surface area contributed by atoms with Gasteiger partial charge in [-0.15, -0.1) is 0 Å². The molecule has 1 aliphatic heterocycles. The zero-order valence-electron chi connectivity index (χ0n) is 12.3. The second-order valence-corrected chi connectivity index (χ2v) is 9.04. The minimum Gasteiger partial charge on any atom is -0.288 e. The highest BCUT2D eigenvalue weighted by atomic mass is 32.2. The van der Waals surface area contributed by atoms with Crippen molar-refractivity contribution in [2.24, 2.45) is 0 Å². The van der Waals surface area contributed by atoms with Crippen molar-refractivity contribution in [2.75, 3.05) is 0 Å².